The number of morpholine rings is 1. The van der Waals surface area contributed by atoms with E-state index in [9.17, 15) is 9.90 Å². The van der Waals surface area contributed by atoms with Crippen molar-refractivity contribution in [3.8, 4) is 0 Å². The number of carbonyl (C=O) groups excluding carboxylic acids is 1. The second-order valence-electron chi connectivity index (χ2n) is 5.62. The van der Waals surface area contributed by atoms with Crippen LogP contribution in [0.4, 0.5) is 0 Å². The van der Waals surface area contributed by atoms with Crippen molar-refractivity contribution in [3.63, 3.8) is 0 Å². The molecule has 2 bridgehead atoms. The molecule has 1 N–H and O–H groups in total. The molecule has 0 aromatic carbocycles. The molecule has 27 heavy (non-hydrogen) atoms. The van der Waals surface area contributed by atoms with Crippen molar-refractivity contribution in [2.24, 2.45) is 0 Å². The van der Waals surface area contributed by atoms with Gasteiger partial charge in [-0.15, -0.1) is 22.7 Å². The SMILES string of the molecule is [2H]c1sc(C(O)(C(=O)OC2([2H])CC3([2H])C4([2H])OC4([2H])C([2H])(C2([2H])[2H])[N+]3(C([2H])([2H])[2H])C([2H])([2H])[2H])c2sc([2H])c([2H])c2[2H])c([2H])c1[2H].[Br-]. The maximum absolute atomic E-state index is 14.0. The van der Waals surface area contributed by atoms with E-state index in [1.54, 1.807) is 0 Å². The van der Waals surface area contributed by atoms with Gasteiger partial charge in [-0.1, -0.05) is 12.1 Å². The van der Waals surface area contributed by atoms with Gasteiger partial charge in [0.25, 0.3) is 0 Å². The van der Waals surface area contributed by atoms with Crippen molar-refractivity contribution in [3.05, 3.63) is 44.6 Å². The van der Waals surface area contributed by atoms with E-state index in [-0.39, 0.29) is 39.7 Å². The zero-order valence-corrected chi connectivity index (χ0v) is 16.2. The molecule has 2 aromatic rings. The van der Waals surface area contributed by atoms with Gasteiger partial charge in [0.1, 0.15) is 30.3 Å². The van der Waals surface area contributed by atoms with Crippen molar-refractivity contribution in [1.82, 2.24) is 0 Å². The number of quaternary nitrogens is 1. The third-order valence-electron chi connectivity index (χ3n) is 4.10. The summed E-state index contributed by atoms with van der Waals surface area (Å²) in [5.41, 5.74) is -3.49. The average Bonchev–Trinajstić information content (AvgIpc) is 3.22. The first kappa shape index (κ1) is 7.18. The van der Waals surface area contributed by atoms with Crippen LogP contribution in [0.25, 0.3) is 0 Å². The number of thiophene rings is 2. The fraction of sp³-hybridized carbons (Fsp3) is 0.526. The Morgan fingerprint density at radius 3 is 2.56 bits per heavy atom. The molecule has 3 aliphatic heterocycles. The van der Waals surface area contributed by atoms with E-state index in [4.69, 9.17) is 35.5 Å². The molecule has 5 nitrogen and oxygen atoms in total. The van der Waals surface area contributed by atoms with Gasteiger partial charge in [-0.2, -0.15) is 0 Å². The highest BCUT2D eigenvalue weighted by atomic mass is 79.9. The smallest absolute Gasteiger partial charge is 0.349 e. The lowest BCUT2D eigenvalue weighted by Gasteiger charge is -2.45. The monoisotopic (exact) mass is 490 g/mol. The zero-order valence-electron chi connectivity index (χ0n) is 32.0. The van der Waals surface area contributed by atoms with Crippen LogP contribution in [0, 0.1) is 0 Å². The molecule has 0 spiro atoms. The number of fused-ring (bicyclic) bond motifs is 5. The van der Waals surface area contributed by atoms with E-state index in [0.29, 0.717) is 0 Å². The number of halogens is 1. The molecule has 8 heteroatoms. The molecule has 3 fully saturated rings. The number of carbonyl (C=O) groups is 1. The van der Waals surface area contributed by atoms with Gasteiger partial charge >= 0.3 is 5.97 Å². The summed E-state index contributed by atoms with van der Waals surface area (Å²) in [6, 6.07) is -11.3. The van der Waals surface area contributed by atoms with Gasteiger partial charge in [0.05, 0.1) is 47.0 Å². The summed E-state index contributed by atoms with van der Waals surface area (Å²) in [4.78, 5) is 12.2. The number of hydrogen-bond donors (Lipinski definition) is 1. The number of hydrogen-bond acceptors (Lipinski definition) is 6. The van der Waals surface area contributed by atoms with E-state index in [2.05, 4.69) is 0 Å². The molecule has 0 aliphatic carbocycles. The van der Waals surface area contributed by atoms with E-state index in [0.717, 1.165) is 0 Å². The fourth-order valence-corrected chi connectivity index (χ4v) is 4.11. The van der Waals surface area contributed by atoms with Crippen LogP contribution >= 0.6 is 22.7 Å². The molecule has 3 aliphatic rings. The summed E-state index contributed by atoms with van der Waals surface area (Å²) in [5, 5.41) is 10.5. The predicted octanol–water partition coefficient (Wildman–Crippen LogP) is -0.650. The molecule has 0 saturated carbocycles. The lowest BCUT2D eigenvalue weighted by Crippen LogP contribution is -3.00. The number of esters is 1. The molecule has 5 unspecified atom stereocenters. The molecular weight excluding hydrogens is 450 g/mol. The normalized spacial score (nSPS) is 59.7. The zero-order chi connectivity index (χ0) is 34.7. The maximum atomic E-state index is 14.0. The van der Waals surface area contributed by atoms with Crippen molar-refractivity contribution in [1.29, 1.82) is 0 Å². The first-order valence-corrected chi connectivity index (χ1v) is 8.80. The van der Waals surface area contributed by atoms with Crippen LogP contribution < -0.4 is 17.0 Å². The minimum atomic E-state index is -4.12. The number of piperidine rings is 1. The van der Waals surface area contributed by atoms with Crippen LogP contribution in [0.2, 0.25) is 0 Å². The molecule has 5 rings (SSSR count). The van der Waals surface area contributed by atoms with Gasteiger partial charge in [-0.05, 0) is 22.8 Å². The standard InChI is InChI=1S/C19H22NO4S2.BrH/c1-20(2)12-9-11(10-13(20)17-16(12)24-17)23-18(21)19(22,14-5-3-7-25-14)15-6-4-8-26-15;/h3-8,11-13,16-17,22H,9-10H2,1-2H3;1H/q+1;/p-1/i1D3,2D3,3D,4D,5D,6D,7D,8D,9D2,11D,12D,13D,16D,17D;. The molecule has 0 amide bonds. The number of rotatable bonds is 4. The van der Waals surface area contributed by atoms with Crippen LogP contribution in [0.15, 0.2) is 34.9 Å². The maximum Gasteiger partial charge on any atom is 0.349 e. The predicted molar refractivity (Wildman–Crippen MR) is 99.1 cm³/mol. The van der Waals surface area contributed by atoms with Crippen molar-refractivity contribution >= 4 is 28.6 Å². The van der Waals surface area contributed by atoms with Gasteiger partial charge in [0, 0.05) is 15.5 Å². The highest BCUT2D eigenvalue weighted by molar-refractivity contribution is 7.12. The number of ether oxygens (including phenoxy) is 2. The molecule has 146 valence electrons. The lowest BCUT2D eigenvalue weighted by molar-refractivity contribution is -0.938. The summed E-state index contributed by atoms with van der Waals surface area (Å²) in [7, 11) is 0. The Labute approximate surface area is 203 Å². The minimum Gasteiger partial charge on any atom is -1.00 e. The number of nitrogens with zero attached hydrogens (tertiary/aromatic N) is 1. The van der Waals surface area contributed by atoms with Crippen LogP contribution in [0.5, 0.6) is 0 Å². The number of likely N-dealkylation sites (N-methyl/N-ethyl adjacent to an activating group) is 1. The Morgan fingerprint density at radius 1 is 1.37 bits per heavy atom. The molecule has 5 atom stereocenters. The minimum absolute atomic E-state index is 0. The van der Waals surface area contributed by atoms with Crippen LogP contribution in [0.1, 0.15) is 48.6 Å². The second kappa shape index (κ2) is 6.64. The lowest BCUT2D eigenvalue weighted by atomic mass is 9.95. The van der Waals surface area contributed by atoms with E-state index >= 15 is 0 Å². The second-order valence-corrected chi connectivity index (χ2v) is 7.25. The summed E-state index contributed by atoms with van der Waals surface area (Å²) in [6.45, 7) is -8.07. The van der Waals surface area contributed by atoms with Crippen LogP contribution in [-0.4, -0.2) is 59.8 Å². The quantitative estimate of drug-likeness (QED) is 0.351. The summed E-state index contributed by atoms with van der Waals surface area (Å²) >= 11 is 0.322. The average molecular weight is 492 g/mol. The van der Waals surface area contributed by atoms with E-state index < -0.39 is 118 Å². The van der Waals surface area contributed by atoms with Gasteiger partial charge in [0.15, 0.2) is 0 Å². The summed E-state index contributed by atoms with van der Waals surface area (Å²) < 4.78 is 166. The number of aliphatic hydroxyl groups is 1. The highest BCUT2D eigenvalue weighted by Crippen LogP contribution is 2.52. The summed E-state index contributed by atoms with van der Waals surface area (Å²) in [5.74, 6) is -2.15. The van der Waals surface area contributed by atoms with Gasteiger partial charge in [0.2, 0.25) is 5.60 Å². The van der Waals surface area contributed by atoms with Gasteiger partial charge < -0.3 is 36.0 Å². The molecule has 2 aromatic heterocycles. The third kappa shape index (κ3) is 2.84. The van der Waals surface area contributed by atoms with Crippen LogP contribution in [-0.2, 0) is 19.9 Å². The molecule has 0 radical (unpaired) electrons. The van der Waals surface area contributed by atoms with Crippen molar-refractivity contribution in [2.45, 2.75) is 48.7 Å². The third-order valence-corrected chi connectivity index (χ3v) is 5.71. The summed E-state index contributed by atoms with van der Waals surface area (Å²) in [6.07, 6.45) is -16.4. The Hall–Kier alpha value is -0.770. The first-order chi connectivity index (χ1) is 20.0. The van der Waals surface area contributed by atoms with E-state index in [1.165, 1.54) is 0 Å². The molecular formula is C19H22BrNO4S2. The van der Waals surface area contributed by atoms with Crippen LogP contribution in [0.3, 0.4) is 0 Å². The Bertz CT molecular complexity index is 1600. The van der Waals surface area contributed by atoms with Gasteiger partial charge in [-0.25, -0.2) is 4.79 Å². The van der Waals surface area contributed by atoms with Gasteiger partial charge in [-0.3, -0.25) is 0 Å². The molecule has 3 saturated heterocycles. The Kier molecular flexibility index (Phi) is 1.77. The Morgan fingerprint density at radius 2 is 2.00 bits per heavy atom. The topological polar surface area (TPSA) is 59.1 Å². The Balaban J connectivity index is 0.00000480. The van der Waals surface area contributed by atoms with E-state index in [1.807, 2.05) is 0 Å². The first-order valence-electron chi connectivity index (χ1n) is 16.7. The van der Waals surface area contributed by atoms with Crippen molar-refractivity contribution in [2.75, 3.05) is 14.0 Å². The van der Waals surface area contributed by atoms with Crippen molar-refractivity contribution < 1.29 is 66.9 Å². The number of epoxide rings is 1. The highest BCUT2D eigenvalue weighted by Gasteiger charge is 2.71. The largest absolute Gasteiger partial charge is 1.00 e. The fourth-order valence-electron chi connectivity index (χ4n) is 2.76. The molecule has 5 heterocycles.